The maximum absolute atomic E-state index is 12.7. The molecule has 2 N–H and O–H groups in total. The van der Waals surface area contributed by atoms with Crippen LogP contribution in [0.15, 0.2) is 36.2 Å². The van der Waals surface area contributed by atoms with E-state index in [4.69, 9.17) is 14.2 Å². The maximum atomic E-state index is 12.7. The topological polar surface area (TPSA) is 117 Å². The molecule has 0 aliphatic heterocycles. The lowest BCUT2D eigenvalue weighted by Crippen LogP contribution is -2.27. The Bertz CT molecular complexity index is 1020. The van der Waals surface area contributed by atoms with Crippen molar-refractivity contribution in [3.63, 3.8) is 0 Å². The summed E-state index contributed by atoms with van der Waals surface area (Å²) in [6.45, 7) is 1.02. The van der Waals surface area contributed by atoms with Crippen molar-refractivity contribution in [2.45, 2.75) is 6.54 Å². The van der Waals surface area contributed by atoms with Gasteiger partial charge in [-0.2, -0.15) is 0 Å². The molecule has 0 aliphatic rings. The summed E-state index contributed by atoms with van der Waals surface area (Å²) in [5.74, 6) is 0.374. The van der Waals surface area contributed by atoms with Crippen LogP contribution < -0.4 is 24.8 Å². The first-order chi connectivity index (χ1) is 14.5. The van der Waals surface area contributed by atoms with Crippen LogP contribution in [0.2, 0.25) is 0 Å². The molecule has 0 fully saturated rings. The van der Waals surface area contributed by atoms with Crippen LogP contribution >= 0.6 is 11.3 Å². The number of hydrogen-bond donors (Lipinski definition) is 2. The lowest BCUT2D eigenvalue weighted by atomic mass is 10.1. The van der Waals surface area contributed by atoms with Crippen LogP contribution in [-0.2, 0) is 6.54 Å². The van der Waals surface area contributed by atoms with Gasteiger partial charge in [0.15, 0.2) is 16.6 Å². The SMILES string of the molecule is COc1cc(OC)c(C(=O)Nc2nc(C(=O)NCCn3ccnc3)cs2)cc1OC. The number of amides is 2. The Morgan fingerprint density at radius 2 is 1.80 bits per heavy atom. The minimum absolute atomic E-state index is 0.222. The number of nitrogens with one attached hydrogen (secondary N) is 2. The van der Waals surface area contributed by atoms with Crippen molar-refractivity contribution in [1.29, 1.82) is 0 Å². The van der Waals surface area contributed by atoms with Gasteiger partial charge in [0.1, 0.15) is 11.4 Å². The average molecular weight is 431 g/mol. The van der Waals surface area contributed by atoms with Crippen molar-refractivity contribution < 1.29 is 23.8 Å². The largest absolute Gasteiger partial charge is 0.496 e. The van der Waals surface area contributed by atoms with E-state index < -0.39 is 5.91 Å². The van der Waals surface area contributed by atoms with Gasteiger partial charge in [0, 0.05) is 43.0 Å². The number of benzene rings is 1. The number of methoxy groups -OCH3 is 3. The lowest BCUT2D eigenvalue weighted by Gasteiger charge is -2.13. The van der Waals surface area contributed by atoms with Gasteiger partial charge >= 0.3 is 0 Å². The standard InChI is InChI=1S/C19H21N5O5S/c1-27-14-9-16(29-3)15(28-2)8-12(14)17(25)23-19-22-13(10-30-19)18(26)21-5-7-24-6-4-20-11-24/h4,6,8-11H,5,7H2,1-3H3,(H,21,26)(H,22,23,25). The van der Waals surface area contributed by atoms with Crippen molar-refractivity contribution in [2.75, 3.05) is 33.2 Å². The van der Waals surface area contributed by atoms with Gasteiger partial charge in [0.05, 0.1) is 33.2 Å². The summed E-state index contributed by atoms with van der Waals surface area (Å²) in [6.07, 6.45) is 5.15. The molecule has 30 heavy (non-hydrogen) atoms. The number of rotatable bonds is 9. The number of ether oxygens (including phenoxy) is 3. The lowest BCUT2D eigenvalue weighted by molar-refractivity contribution is 0.0946. The number of nitrogens with zero attached hydrogens (tertiary/aromatic N) is 3. The van der Waals surface area contributed by atoms with Gasteiger partial charge < -0.3 is 24.1 Å². The van der Waals surface area contributed by atoms with Crippen molar-refractivity contribution in [2.24, 2.45) is 0 Å². The van der Waals surface area contributed by atoms with Gasteiger partial charge in [-0.15, -0.1) is 11.3 Å². The Balaban J connectivity index is 1.65. The zero-order valence-corrected chi connectivity index (χ0v) is 17.5. The predicted octanol–water partition coefficient (Wildman–Crippen LogP) is 2.05. The number of hydrogen-bond acceptors (Lipinski definition) is 8. The van der Waals surface area contributed by atoms with E-state index in [1.807, 2.05) is 10.8 Å². The third-order valence-electron chi connectivity index (χ3n) is 4.12. The summed E-state index contributed by atoms with van der Waals surface area (Å²) in [5, 5.41) is 7.32. The van der Waals surface area contributed by atoms with Gasteiger partial charge in [-0.25, -0.2) is 9.97 Å². The molecule has 0 spiro atoms. The van der Waals surface area contributed by atoms with Crippen LogP contribution in [0, 0.1) is 0 Å². The fourth-order valence-electron chi connectivity index (χ4n) is 2.61. The average Bonchev–Trinajstić information content (AvgIpc) is 3.44. The van der Waals surface area contributed by atoms with Crippen LogP contribution in [0.3, 0.4) is 0 Å². The van der Waals surface area contributed by atoms with E-state index in [0.29, 0.717) is 30.3 Å². The zero-order valence-electron chi connectivity index (χ0n) is 16.7. The quantitative estimate of drug-likeness (QED) is 0.532. The van der Waals surface area contributed by atoms with Crippen LogP contribution in [0.1, 0.15) is 20.8 Å². The molecule has 0 aliphatic carbocycles. The van der Waals surface area contributed by atoms with E-state index in [0.717, 1.165) is 11.3 Å². The highest BCUT2D eigenvalue weighted by atomic mass is 32.1. The first-order valence-electron chi connectivity index (χ1n) is 8.86. The maximum Gasteiger partial charge on any atom is 0.270 e. The van der Waals surface area contributed by atoms with Crippen molar-refractivity contribution >= 4 is 28.3 Å². The molecule has 0 bridgehead atoms. The number of anilines is 1. The second-order valence-corrected chi connectivity index (χ2v) is 6.81. The summed E-state index contributed by atoms with van der Waals surface area (Å²) in [5.41, 5.74) is 0.469. The Morgan fingerprint density at radius 3 is 2.47 bits per heavy atom. The molecule has 0 unspecified atom stereocenters. The molecule has 3 rings (SSSR count). The number of imidazole rings is 1. The number of thiazole rings is 1. The third-order valence-corrected chi connectivity index (χ3v) is 4.88. The highest BCUT2D eigenvalue weighted by Gasteiger charge is 2.19. The Kier molecular flexibility index (Phi) is 6.86. The molecule has 0 saturated heterocycles. The molecule has 10 nitrogen and oxygen atoms in total. The van der Waals surface area contributed by atoms with Gasteiger partial charge in [-0.3, -0.25) is 14.9 Å². The Morgan fingerprint density at radius 1 is 1.07 bits per heavy atom. The van der Waals surface area contributed by atoms with Crippen molar-refractivity contribution in [3.05, 3.63) is 47.5 Å². The summed E-state index contributed by atoms with van der Waals surface area (Å²) >= 11 is 1.15. The molecule has 0 atom stereocenters. The normalized spacial score (nSPS) is 10.4. The highest BCUT2D eigenvalue weighted by Crippen LogP contribution is 2.35. The van der Waals surface area contributed by atoms with E-state index in [-0.39, 0.29) is 22.3 Å². The van der Waals surface area contributed by atoms with Crippen LogP contribution in [0.4, 0.5) is 5.13 Å². The minimum atomic E-state index is -0.450. The van der Waals surface area contributed by atoms with Crippen LogP contribution in [0.5, 0.6) is 17.2 Å². The summed E-state index contributed by atoms with van der Waals surface area (Å²) in [7, 11) is 4.42. The number of carbonyl (C=O) groups excluding carboxylic acids is 2. The molecule has 2 heterocycles. The van der Waals surface area contributed by atoms with Crippen LogP contribution in [0.25, 0.3) is 0 Å². The molecule has 0 radical (unpaired) electrons. The summed E-state index contributed by atoms with van der Waals surface area (Å²) < 4.78 is 17.6. The molecule has 158 valence electrons. The minimum Gasteiger partial charge on any atom is -0.496 e. The number of aromatic nitrogens is 3. The van der Waals surface area contributed by atoms with Crippen LogP contribution in [-0.4, -0.2) is 54.2 Å². The monoisotopic (exact) mass is 431 g/mol. The Labute approximate surface area is 176 Å². The first-order valence-corrected chi connectivity index (χ1v) is 9.74. The zero-order chi connectivity index (χ0) is 21.5. The van der Waals surface area contributed by atoms with E-state index in [1.54, 1.807) is 24.0 Å². The molecule has 2 amide bonds. The number of carbonyl (C=O) groups is 2. The second-order valence-electron chi connectivity index (χ2n) is 5.96. The van der Waals surface area contributed by atoms with Crippen molar-refractivity contribution in [1.82, 2.24) is 19.9 Å². The van der Waals surface area contributed by atoms with E-state index in [2.05, 4.69) is 20.6 Å². The van der Waals surface area contributed by atoms with E-state index in [1.165, 1.54) is 27.4 Å². The van der Waals surface area contributed by atoms with Gasteiger partial charge in [-0.1, -0.05) is 0 Å². The fraction of sp³-hybridized carbons (Fsp3) is 0.263. The van der Waals surface area contributed by atoms with Gasteiger partial charge in [0.25, 0.3) is 11.8 Å². The smallest absolute Gasteiger partial charge is 0.270 e. The molecule has 0 saturated carbocycles. The Hall–Kier alpha value is -3.60. The van der Waals surface area contributed by atoms with Crippen molar-refractivity contribution in [3.8, 4) is 17.2 Å². The highest BCUT2D eigenvalue weighted by molar-refractivity contribution is 7.14. The second kappa shape index (κ2) is 9.74. The van der Waals surface area contributed by atoms with Gasteiger partial charge in [0.2, 0.25) is 0 Å². The molecular formula is C19H21N5O5S. The molecule has 1 aromatic carbocycles. The van der Waals surface area contributed by atoms with E-state index >= 15 is 0 Å². The molecular weight excluding hydrogens is 410 g/mol. The van der Waals surface area contributed by atoms with Gasteiger partial charge in [-0.05, 0) is 0 Å². The fourth-order valence-corrected chi connectivity index (χ4v) is 3.30. The predicted molar refractivity (Wildman–Crippen MR) is 111 cm³/mol. The molecule has 11 heteroatoms. The molecule has 3 aromatic rings. The first kappa shape index (κ1) is 21.1. The molecule has 2 aromatic heterocycles. The summed E-state index contributed by atoms with van der Waals surface area (Å²) in [4.78, 5) is 33.1. The van der Waals surface area contributed by atoms with E-state index in [9.17, 15) is 9.59 Å². The summed E-state index contributed by atoms with van der Waals surface area (Å²) in [6, 6.07) is 3.08. The third kappa shape index (κ3) is 4.87.